The molecule has 0 aliphatic heterocycles. The van der Waals surface area contributed by atoms with Gasteiger partial charge < -0.3 is 5.73 Å². The zero-order valence-corrected chi connectivity index (χ0v) is 13.0. The third-order valence-electron chi connectivity index (χ3n) is 2.48. The number of aryl methyl sites for hydroxylation is 1. The van der Waals surface area contributed by atoms with Crippen molar-refractivity contribution < 1.29 is 4.39 Å². The number of hydrogen-bond acceptors (Lipinski definition) is 2. The summed E-state index contributed by atoms with van der Waals surface area (Å²) in [5.41, 5.74) is 6.92. The SMILES string of the molecule is Cc1sc(C(N)c2cc(F)ccc2Br)cc1Br. The van der Waals surface area contributed by atoms with Crippen LogP contribution in [0.1, 0.15) is 21.4 Å². The van der Waals surface area contributed by atoms with Crippen LogP contribution in [0.5, 0.6) is 0 Å². The quantitative estimate of drug-likeness (QED) is 0.800. The molecular formula is C12H10Br2FNS. The molecule has 17 heavy (non-hydrogen) atoms. The Morgan fingerprint density at radius 1 is 1.24 bits per heavy atom. The maximum absolute atomic E-state index is 13.2. The molecule has 2 N–H and O–H groups in total. The topological polar surface area (TPSA) is 26.0 Å². The summed E-state index contributed by atoms with van der Waals surface area (Å²) in [5, 5.41) is 0. The van der Waals surface area contributed by atoms with Crippen LogP contribution in [0, 0.1) is 12.7 Å². The third kappa shape index (κ3) is 2.78. The number of benzene rings is 1. The first-order chi connectivity index (χ1) is 7.99. The summed E-state index contributed by atoms with van der Waals surface area (Å²) in [7, 11) is 0. The highest BCUT2D eigenvalue weighted by Crippen LogP contribution is 2.35. The van der Waals surface area contributed by atoms with Gasteiger partial charge in [0.25, 0.3) is 0 Å². The summed E-state index contributed by atoms with van der Waals surface area (Å²) in [6, 6.07) is 6.24. The van der Waals surface area contributed by atoms with Gasteiger partial charge >= 0.3 is 0 Å². The predicted molar refractivity (Wildman–Crippen MR) is 76.9 cm³/mol. The van der Waals surface area contributed by atoms with Crippen molar-refractivity contribution in [2.45, 2.75) is 13.0 Å². The Kier molecular flexibility index (Phi) is 4.02. The minimum atomic E-state index is -0.310. The first-order valence-corrected chi connectivity index (χ1v) is 7.35. The van der Waals surface area contributed by atoms with E-state index < -0.39 is 0 Å². The van der Waals surface area contributed by atoms with Gasteiger partial charge in [-0.1, -0.05) is 15.9 Å². The van der Waals surface area contributed by atoms with Gasteiger partial charge in [-0.05, 0) is 52.7 Å². The number of nitrogens with two attached hydrogens (primary N) is 1. The molecule has 1 nitrogen and oxygen atoms in total. The van der Waals surface area contributed by atoms with E-state index in [1.54, 1.807) is 17.4 Å². The number of hydrogen-bond donors (Lipinski definition) is 1. The lowest BCUT2D eigenvalue weighted by molar-refractivity contribution is 0.623. The largest absolute Gasteiger partial charge is 0.320 e. The van der Waals surface area contributed by atoms with E-state index in [4.69, 9.17) is 5.73 Å². The van der Waals surface area contributed by atoms with Crippen molar-refractivity contribution in [3.8, 4) is 0 Å². The van der Waals surface area contributed by atoms with Gasteiger partial charge in [0.2, 0.25) is 0 Å². The second-order valence-corrected chi connectivity index (χ2v) is 6.69. The summed E-state index contributed by atoms with van der Waals surface area (Å²) < 4.78 is 15.1. The molecular weight excluding hydrogens is 369 g/mol. The lowest BCUT2D eigenvalue weighted by atomic mass is 10.1. The standard InChI is InChI=1S/C12H10Br2FNS/c1-6-10(14)5-11(17-6)12(16)8-4-7(15)2-3-9(8)13/h2-5,12H,16H2,1H3. The molecule has 0 radical (unpaired) electrons. The monoisotopic (exact) mass is 377 g/mol. The fourth-order valence-electron chi connectivity index (χ4n) is 1.54. The molecule has 2 rings (SSSR count). The van der Waals surface area contributed by atoms with Crippen molar-refractivity contribution in [3.05, 3.63) is 54.3 Å². The van der Waals surface area contributed by atoms with Gasteiger partial charge in [0, 0.05) is 18.7 Å². The van der Waals surface area contributed by atoms with Crippen LogP contribution in [-0.2, 0) is 0 Å². The van der Waals surface area contributed by atoms with E-state index in [2.05, 4.69) is 31.9 Å². The maximum atomic E-state index is 13.2. The Morgan fingerprint density at radius 3 is 2.53 bits per heavy atom. The number of halogens is 3. The zero-order chi connectivity index (χ0) is 12.6. The van der Waals surface area contributed by atoms with E-state index in [1.165, 1.54) is 17.0 Å². The second kappa shape index (κ2) is 5.18. The van der Waals surface area contributed by atoms with Crippen LogP contribution in [0.4, 0.5) is 4.39 Å². The smallest absolute Gasteiger partial charge is 0.123 e. The molecule has 0 bridgehead atoms. The van der Waals surface area contributed by atoms with Crippen molar-refractivity contribution >= 4 is 43.2 Å². The minimum absolute atomic E-state index is 0.272. The van der Waals surface area contributed by atoms with Crippen LogP contribution in [0.3, 0.4) is 0 Å². The van der Waals surface area contributed by atoms with Crippen LogP contribution < -0.4 is 5.73 Å². The Labute approximate surface area is 120 Å². The van der Waals surface area contributed by atoms with Crippen LogP contribution in [0.25, 0.3) is 0 Å². The molecule has 2 aromatic rings. The highest BCUT2D eigenvalue weighted by molar-refractivity contribution is 9.10. The average Bonchev–Trinajstić information content (AvgIpc) is 2.62. The van der Waals surface area contributed by atoms with Gasteiger partial charge in [0.05, 0.1) is 6.04 Å². The van der Waals surface area contributed by atoms with Gasteiger partial charge in [-0.2, -0.15) is 0 Å². The molecule has 0 amide bonds. The van der Waals surface area contributed by atoms with E-state index in [0.29, 0.717) is 0 Å². The van der Waals surface area contributed by atoms with Gasteiger partial charge in [-0.25, -0.2) is 4.39 Å². The summed E-state index contributed by atoms with van der Waals surface area (Å²) in [4.78, 5) is 2.18. The van der Waals surface area contributed by atoms with Gasteiger partial charge in [0.15, 0.2) is 0 Å². The van der Waals surface area contributed by atoms with E-state index in [-0.39, 0.29) is 11.9 Å². The minimum Gasteiger partial charge on any atom is -0.320 e. The van der Waals surface area contributed by atoms with Crippen molar-refractivity contribution in [2.75, 3.05) is 0 Å². The molecule has 1 heterocycles. The van der Waals surface area contributed by atoms with Crippen molar-refractivity contribution in [1.82, 2.24) is 0 Å². The molecule has 1 atom stereocenters. The molecule has 90 valence electrons. The molecule has 1 aromatic carbocycles. The average molecular weight is 379 g/mol. The Hall–Kier alpha value is -0.230. The molecule has 1 unspecified atom stereocenters. The van der Waals surface area contributed by atoms with Crippen LogP contribution >= 0.6 is 43.2 Å². The second-order valence-electron chi connectivity index (χ2n) is 3.70. The Bertz CT molecular complexity index is 534. The van der Waals surface area contributed by atoms with Crippen LogP contribution in [0.2, 0.25) is 0 Å². The van der Waals surface area contributed by atoms with Crippen molar-refractivity contribution in [3.63, 3.8) is 0 Å². The Morgan fingerprint density at radius 2 is 1.94 bits per heavy atom. The first kappa shape index (κ1) is 13.2. The van der Waals surface area contributed by atoms with E-state index in [1.807, 2.05) is 13.0 Å². The maximum Gasteiger partial charge on any atom is 0.123 e. The highest BCUT2D eigenvalue weighted by atomic mass is 79.9. The number of rotatable bonds is 2. The summed E-state index contributed by atoms with van der Waals surface area (Å²) in [6.45, 7) is 2.02. The van der Waals surface area contributed by atoms with Crippen molar-refractivity contribution in [1.29, 1.82) is 0 Å². The van der Waals surface area contributed by atoms with Gasteiger partial charge in [-0.3, -0.25) is 0 Å². The van der Waals surface area contributed by atoms with Crippen LogP contribution in [0.15, 0.2) is 33.2 Å². The van der Waals surface area contributed by atoms with E-state index in [0.717, 1.165) is 19.4 Å². The molecule has 0 saturated heterocycles. The van der Waals surface area contributed by atoms with Gasteiger partial charge in [0.1, 0.15) is 5.82 Å². The fourth-order valence-corrected chi connectivity index (χ4v) is 3.62. The fraction of sp³-hybridized carbons (Fsp3) is 0.167. The normalized spacial score (nSPS) is 12.8. The number of thiophene rings is 1. The molecule has 0 saturated carbocycles. The van der Waals surface area contributed by atoms with Crippen molar-refractivity contribution in [2.24, 2.45) is 5.73 Å². The molecule has 5 heteroatoms. The first-order valence-electron chi connectivity index (χ1n) is 4.95. The lowest BCUT2D eigenvalue weighted by Gasteiger charge is -2.12. The zero-order valence-electron chi connectivity index (χ0n) is 9.01. The lowest BCUT2D eigenvalue weighted by Crippen LogP contribution is -2.11. The molecule has 0 aliphatic carbocycles. The summed E-state index contributed by atoms with van der Waals surface area (Å²) in [6.07, 6.45) is 0. The Balaban J connectivity index is 2.42. The highest BCUT2D eigenvalue weighted by Gasteiger charge is 2.16. The molecule has 1 aromatic heterocycles. The summed E-state index contributed by atoms with van der Waals surface area (Å²) in [5.74, 6) is -0.272. The summed E-state index contributed by atoms with van der Waals surface area (Å²) >= 11 is 8.48. The van der Waals surface area contributed by atoms with E-state index >= 15 is 0 Å². The molecule has 0 aliphatic rings. The third-order valence-corrected chi connectivity index (χ3v) is 5.42. The molecule has 0 spiro atoms. The van der Waals surface area contributed by atoms with Crippen LogP contribution in [-0.4, -0.2) is 0 Å². The molecule has 0 fully saturated rings. The van der Waals surface area contributed by atoms with E-state index in [9.17, 15) is 4.39 Å². The van der Waals surface area contributed by atoms with Gasteiger partial charge in [-0.15, -0.1) is 11.3 Å². The predicted octanol–water partition coefficient (Wildman–Crippen LogP) is 4.77.